The summed E-state index contributed by atoms with van der Waals surface area (Å²) in [7, 11) is -2.11. The molecule has 0 radical (unpaired) electrons. The topological polar surface area (TPSA) is 0 Å². The highest BCUT2D eigenvalue weighted by molar-refractivity contribution is 7.04. The number of hydrogen-bond acceptors (Lipinski definition) is 0. The zero-order valence-electron chi connectivity index (χ0n) is 20.0. The zero-order valence-corrected chi connectivity index (χ0v) is 21.0. The highest BCUT2D eigenvalue weighted by Crippen LogP contribution is 2.61. The van der Waals surface area contributed by atoms with E-state index in [0.29, 0.717) is 29.2 Å². The predicted molar refractivity (Wildman–Crippen MR) is 144 cm³/mol. The first kappa shape index (κ1) is 21.2. The van der Waals surface area contributed by atoms with E-state index in [0.717, 1.165) is 5.54 Å². The van der Waals surface area contributed by atoms with Gasteiger partial charge in [0.25, 0.3) is 0 Å². The van der Waals surface area contributed by atoms with Gasteiger partial charge in [0.2, 0.25) is 0 Å². The molecule has 0 N–H and O–H groups in total. The molecular formula is C32H36Si. The number of hydrogen-bond donors (Lipinski definition) is 0. The lowest BCUT2D eigenvalue weighted by atomic mass is 9.83. The SMILES string of the molecule is Cc1ccc([Si](c2ccc(C)cc2)(C2CCCC2)C2C3C=CC=CC3C3C=CC=CC32)cc1. The normalized spacial score (nSPS) is 30.5. The first-order valence-corrected chi connectivity index (χ1v) is 15.2. The fraction of sp³-hybridized carbons (Fsp3) is 0.375. The fourth-order valence-corrected chi connectivity index (χ4v) is 15.2. The molecule has 2 aromatic carbocycles. The third-order valence-electron chi connectivity index (χ3n) is 9.30. The molecular weight excluding hydrogens is 412 g/mol. The zero-order chi connectivity index (χ0) is 22.4. The van der Waals surface area contributed by atoms with Crippen LogP contribution in [0, 0.1) is 37.5 Å². The van der Waals surface area contributed by atoms with Crippen molar-refractivity contribution in [2.75, 3.05) is 0 Å². The lowest BCUT2D eigenvalue weighted by molar-refractivity contribution is 0.461. The molecule has 0 heterocycles. The number of aryl methyl sites for hydroxylation is 2. The quantitative estimate of drug-likeness (QED) is 0.446. The average molecular weight is 449 g/mol. The second-order valence-electron chi connectivity index (χ2n) is 11.0. The summed E-state index contributed by atoms with van der Waals surface area (Å²) in [6.45, 7) is 4.47. The number of allylic oxidation sites excluding steroid dienone is 8. The van der Waals surface area contributed by atoms with Gasteiger partial charge in [0.1, 0.15) is 8.07 Å². The monoisotopic (exact) mass is 448 g/mol. The van der Waals surface area contributed by atoms with Crippen molar-refractivity contribution < 1.29 is 0 Å². The number of rotatable bonds is 4. The molecule has 4 aliphatic carbocycles. The van der Waals surface area contributed by atoms with Crippen LogP contribution in [0.25, 0.3) is 0 Å². The maximum atomic E-state index is 2.59. The van der Waals surface area contributed by atoms with Crippen LogP contribution in [0.2, 0.25) is 11.1 Å². The van der Waals surface area contributed by atoms with Crippen LogP contribution >= 0.6 is 0 Å². The van der Waals surface area contributed by atoms with E-state index in [1.54, 1.807) is 10.4 Å². The smallest absolute Gasteiger partial charge is 0.0808 e. The average Bonchev–Trinajstić information content (AvgIpc) is 3.50. The van der Waals surface area contributed by atoms with E-state index in [1.807, 2.05) is 0 Å². The summed E-state index contributed by atoms with van der Waals surface area (Å²) in [6.07, 6.45) is 25.2. The highest BCUT2D eigenvalue weighted by atomic mass is 28.3. The molecule has 33 heavy (non-hydrogen) atoms. The Bertz CT molecular complexity index is 1030. The molecule has 0 saturated heterocycles. The Morgan fingerprint density at radius 1 is 0.545 bits per heavy atom. The van der Waals surface area contributed by atoms with Crippen molar-refractivity contribution in [2.45, 2.75) is 50.6 Å². The third-order valence-corrected chi connectivity index (χ3v) is 15.6. The molecule has 0 nitrogen and oxygen atoms in total. The molecule has 0 aliphatic heterocycles. The van der Waals surface area contributed by atoms with Crippen molar-refractivity contribution in [3.05, 3.63) is 108 Å². The van der Waals surface area contributed by atoms with E-state index in [9.17, 15) is 0 Å². The summed E-state index contributed by atoms with van der Waals surface area (Å²) in [4.78, 5) is 0. The molecule has 2 aromatic rings. The van der Waals surface area contributed by atoms with Crippen LogP contribution in [0.3, 0.4) is 0 Å². The van der Waals surface area contributed by atoms with Crippen molar-refractivity contribution in [1.82, 2.24) is 0 Å². The van der Waals surface area contributed by atoms with Gasteiger partial charge in [0.05, 0.1) is 0 Å². The van der Waals surface area contributed by atoms with Gasteiger partial charge in [-0.05, 0) is 48.6 Å². The van der Waals surface area contributed by atoms with Gasteiger partial charge in [0.15, 0.2) is 0 Å². The molecule has 4 atom stereocenters. The minimum atomic E-state index is -2.11. The molecule has 2 saturated carbocycles. The van der Waals surface area contributed by atoms with Crippen molar-refractivity contribution >= 4 is 18.4 Å². The standard InChI is InChI=1S/C32H36Si/c1-23-15-19-26(20-16-23)33(25-9-3-4-10-25,27-21-17-24(2)18-22-27)32-30-13-7-5-11-28(30)29-12-6-8-14-31(29)32/h5-8,11-22,25,28-32H,3-4,9-10H2,1-2H3. The molecule has 168 valence electrons. The van der Waals surface area contributed by atoms with E-state index >= 15 is 0 Å². The van der Waals surface area contributed by atoms with Gasteiger partial charge in [-0.2, -0.15) is 0 Å². The lowest BCUT2D eigenvalue weighted by Crippen LogP contribution is -2.66. The first-order chi connectivity index (χ1) is 16.2. The molecule has 1 heteroatoms. The van der Waals surface area contributed by atoms with E-state index < -0.39 is 8.07 Å². The van der Waals surface area contributed by atoms with Crippen molar-refractivity contribution in [3.8, 4) is 0 Å². The Balaban J connectivity index is 1.64. The second kappa shape index (κ2) is 8.44. The van der Waals surface area contributed by atoms with E-state index in [-0.39, 0.29) is 0 Å². The van der Waals surface area contributed by atoms with Crippen molar-refractivity contribution in [2.24, 2.45) is 23.7 Å². The van der Waals surface area contributed by atoms with Crippen LogP contribution < -0.4 is 10.4 Å². The molecule has 0 spiro atoms. The predicted octanol–water partition coefficient (Wildman–Crippen LogP) is 6.91. The molecule has 0 bridgehead atoms. The fourth-order valence-electron chi connectivity index (χ4n) is 7.97. The summed E-state index contributed by atoms with van der Waals surface area (Å²) in [5.74, 6) is 2.53. The molecule has 0 aromatic heterocycles. The minimum Gasteiger partial charge on any atom is -0.0808 e. The Morgan fingerprint density at radius 3 is 1.36 bits per heavy atom. The van der Waals surface area contributed by atoms with Crippen LogP contribution in [0.15, 0.2) is 97.1 Å². The summed E-state index contributed by atoms with van der Waals surface area (Å²) in [5.41, 5.74) is 4.27. The van der Waals surface area contributed by atoms with Gasteiger partial charge in [-0.3, -0.25) is 0 Å². The third kappa shape index (κ3) is 3.31. The maximum Gasteiger partial charge on any atom is 0.125 e. The van der Waals surface area contributed by atoms with E-state index in [4.69, 9.17) is 0 Å². The van der Waals surface area contributed by atoms with Crippen LogP contribution in [0.1, 0.15) is 36.8 Å². The highest BCUT2D eigenvalue weighted by Gasteiger charge is 2.61. The molecule has 2 fully saturated rings. The van der Waals surface area contributed by atoms with Crippen LogP contribution in [0.4, 0.5) is 0 Å². The van der Waals surface area contributed by atoms with Gasteiger partial charge in [-0.15, -0.1) is 0 Å². The summed E-state index contributed by atoms with van der Waals surface area (Å²) in [5, 5.41) is 3.36. The molecule has 0 amide bonds. The second-order valence-corrected chi connectivity index (χ2v) is 15.3. The maximum absolute atomic E-state index is 2.59. The Labute approximate surface area is 200 Å². The largest absolute Gasteiger partial charge is 0.125 e. The van der Waals surface area contributed by atoms with Gasteiger partial charge in [-0.25, -0.2) is 0 Å². The molecule has 4 unspecified atom stereocenters. The summed E-state index contributed by atoms with van der Waals surface area (Å²) >= 11 is 0. The first-order valence-electron chi connectivity index (χ1n) is 13.0. The van der Waals surface area contributed by atoms with Crippen LogP contribution in [-0.4, -0.2) is 8.07 Å². The molecule has 4 aliphatic rings. The van der Waals surface area contributed by atoms with E-state index in [1.165, 1.54) is 36.8 Å². The molecule has 6 rings (SSSR count). The van der Waals surface area contributed by atoms with Crippen molar-refractivity contribution in [3.63, 3.8) is 0 Å². The Kier molecular flexibility index (Phi) is 5.41. The summed E-state index contributed by atoms with van der Waals surface area (Å²) < 4.78 is 0. The Morgan fingerprint density at radius 2 is 0.939 bits per heavy atom. The number of benzene rings is 2. The van der Waals surface area contributed by atoms with Gasteiger partial charge < -0.3 is 0 Å². The summed E-state index contributed by atoms with van der Waals surface area (Å²) in [6, 6.07) is 19.7. The van der Waals surface area contributed by atoms with E-state index in [2.05, 4.69) is 111 Å². The van der Waals surface area contributed by atoms with Gasteiger partial charge in [-0.1, -0.05) is 144 Å². The number of fused-ring (bicyclic) bond motifs is 3. The van der Waals surface area contributed by atoms with Crippen molar-refractivity contribution in [1.29, 1.82) is 0 Å². The van der Waals surface area contributed by atoms with Gasteiger partial charge >= 0.3 is 0 Å². The van der Waals surface area contributed by atoms with Crippen LogP contribution in [-0.2, 0) is 0 Å². The minimum absolute atomic E-state index is 0.632. The van der Waals surface area contributed by atoms with Crippen LogP contribution in [0.5, 0.6) is 0 Å². The Hall–Kier alpha value is -2.38. The lowest BCUT2D eigenvalue weighted by Gasteiger charge is -2.48. The van der Waals surface area contributed by atoms with Gasteiger partial charge in [0, 0.05) is 0 Å².